The van der Waals surface area contributed by atoms with Gasteiger partial charge in [-0.05, 0) is 31.9 Å². The van der Waals surface area contributed by atoms with Crippen LogP contribution in [-0.4, -0.2) is 17.9 Å². The van der Waals surface area contributed by atoms with E-state index in [1.165, 1.54) is 12.2 Å². The van der Waals surface area contributed by atoms with Crippen molar-refractivity contribution in [1.29, 1.82) is 0 Å². The third-order valence-corrected chi connectivity index (χ3v) is 1.72. The molecule has 0 radical (unpaired) electrons. The highest BCUT2D eigenvalue weighted by Gasteiger charge is 2.07. The SMILES string of the molecule is C[C@H]1CC/C=C/C(=O)/C=C\C(=O)O1. The molecule has 0 aliphatic carbocycles. The smallest absolute Gasteiger partial charge is 0.331 e. The highest BCUT2D eigenvalue weighted by atomic mass is 16.5. The lowest BCUT2D eigenvalue weighted by atomic mass is 10.2. The molecule has 0 spiro atoms. The van der Waals surface area contributed by atoms with Crippen molar-refractivity contribution in [2.75, 3.05) is 0 Å². The standard InChI is InChI=1S/C10H12O3/c1-8-4-2-3-5-9(11)6-7-10(12)13-8/h3,5-8H,2,4H2,1H3/b5-3+,7-6-/t8-/m0/s1. The molecule has 70 valence electrons. The van der Waals surface area contributed by atoms with E-state index in [0.717, 1.165) is 18.9 Å². The van der Waals surface area contributed by atoms with Crippen LogP contribution in [0.15, 0.2) is 24.3 Å². The van der Waals surface area contributed by atoms with Crippen molar-refractivity contribution < 1.29 is 14.3 Å². The summed E-state index contributed by atoms with van der Waals surface area (Å²) in [7, 11) is 0. The highest BCUT2D eigenvalue weighted by Crippen LogP contribution is 2.04. The van der Waals surface area contributed by atoms with E-state index in [2.05, 4.69) is 0 Å². The summed E-state index contributed by atoms with van der Waals surface area (Å²) in [6.07, 6.45) is 7.07. The van der Waals surface area contributed by atoms with Crippen LogP contribution in [0, 0.1) is 0 Å². The zero-order chi connectivity index (χ0) is 9.68. The number of esters is 1. The molecule has 1 rings (SSSR count). The normalized spacial score (nSPS) is 29.2. The number of rotatable bonds is 0. The molecular weight excluding hydrogens is 168 g/mol. The molecule has 0 amide bonds. The van der Waals surface area contributed by atoms with Gasteiger partial charge in [-0.15, -0.1) is 0 Å². The van der Waals surface area contributed by atoms with Crippen LogP contribution in [0.5, 0.6) is 0 Å². The summed E-state index contributed by atoms with van der Waals surface area (Å²) in [4.78, 5) is 21.9. The monoisotopic (exact) mass is 180 g/mol. The Bertz CT molecular complexity index is 263. The van der Waals surface area contributed by atoms with Gasteiger partial charge in [-0.2, -0.15) is 0 Å². The number of allylic oxidation sites excluding steroid dienone is 3. The highest BCUT2D eigenvalue weighted by molar-refractivity contribution is 6.02. The lowest BCUT2D eigenvalue weighted by Gasteiger charge is -2.10. The van der Waals surface area contributed by atoms with Crippen LogP contribution in [0.2, 0.25) is 0 Å². The Balaban J connectivity index is 2.67. The maximum Gasteiger partial charge on any atom is 0.331 e. The summed E-state index contributed by atoms with van der Waals surface area (Å²) >= 11 is 0. The number of hydrogen-bond acceptors (Lipinski definition) is 3. The molecule has 0 saturated carbocycles. The van der Waals surface area contributed by atoms with E-state index in [0.29, 0.717) is 0 Å². The summed E-state index contributed by atoms with van der Waals surface area (Å²) in [5.74, 6) is -0.623. The summed E-state index contributed by atoms with van der Waals surface area (Å²) < 4.78 is 4.96. The van der Waals surface area contributed by atoms with Gasteiger partial charge in [0.25, 0.3) is 0 Å². The van der Waals surface area contributed by atoms with E-state index >= 15 is 0 Å². The van der Waals surface area contributed by atoms with E-state index < -0.39 is 5.97 Å². The Morgan fingerprint density at radius 2 is 2.08 bits per heavy atom. The molecule has 0 aromatic heterocycles. The molecule has 3 nitrogen and oxygen atoms in total. The predicted molar refractivity (Wildman–Crippen MR) is 48.1 cm³/mol. The van der Waals surface area contributed by atoms with Gasteiger partial charge in [0.2, 0.25) is 0 Å². The molecule has 1 aliphatic heterocycles. The van der Waals surface area contributed by atoms with E-state index in [1.807, 2.05) is 6.92 Å². The fourth-order valence-electron chi connectivity index (χ4n) is 1.03. The van der Waals surface area contributed by atoms with Crippen LogP contribution in [-0.2, 0) is 14.3 Å². The Kier molecular flexibility index (Phi) is 3.43. The number of hydrogen-bond donors (Lipinski definition) is 0. The van der Waals surface area contributed by atoms with Crippen molar-refractivity contribution >= 4 is 11.8 Å². The maximum atomic E-state index is 11.0. The molecule has 1 atom stereocenters. The molecule has 1 heterocycles. The Labute approximate surface area is 77.1 Å². The number of carbonyl (C=O) groups is 2. The van der Waals surface area contributed by atoms with Crippen molar-refractivity contribution in [2.24, 2.45) is 0 Å². The van der Waals surface area contributed by atoms with Crippen LogP contribution in [0.3, 0.4) is 0 Å². The number of ether oxygens (including phenoxy) is 1. The van der Waals surface area contributed by atoms with Gasteiger partial charge in [-0.1, -0.05) is 6.08 Å². The van der Waals surface area contributed by atoms with Crippen molar-refractivity contribution in [3.05, 3.63) is 24.3 Å². The van der Waals surface area contributed by atoms with Gasteiger partial charge in [0.05, 0.1) is 6.10 Å². The quantitative estimate of drug-likeness (QED) is 0.529. The Morgan fingerprint density at radius 1 is 1.31 bits per heavy atom. The fraction of sp³-hybridized carbons (Fsp3) is 0.400. The van der Waals surface area contributed by atoms with E-state index in [9.17, 15) is 9.59 Å². The number of ketones is 1. The minimum Gasteiger partial charge on any atom is -0.460 e. The molecule has 0 fully saturated rings. The fourth-order valence-corrected chi connectivity index (χ4v) is 1.03. The molecule has 0 aromatic rings. The summed E-state index contributed by atoms with van der Waals surface area (Å²) in [5, 5.41) is 0. The van der Waals surface area contributed by atoms with Gasteiger partial charge < -0.3 is 4.74 Å². The van der Waals surface area contributed by atoms with Crippen molar-refractivity contribution in [1.82, 2.24) is 0 Å². The van der Waals surface area contributed by atoms with Gasteiger partial charge in [-0.3, -0.25) is 4.79 Å². The minimum atomic E-state index is -0.448. The van der Waals surface area contributed by atoms with Gasteiger partial charge in [0.1, 0.15) is 0 Å². The van der Waals surface area contributed by atoms with E-state index in [4.69, 9.17) is 4.74 Å². The molecule has 0 unspecified atom stereocenters. The summed E-state index contributed by atoms with van der Waals surface area (Å²) in [6.45, 7) is 1.84. The van der Waals surface area contributed by atoms with E-state index in [-0.39, 0.29) is 11.9 Å². The van der Waals surface area contributed by atoms with Crippen molar-refractivity contribution in [3.63, 3.8) is 0 Å². The lowest BCUT2D eigenvalue weighted by molar-refractivity contribution is -0.142. The maximum absolute atomic E-state index is 11.0. The van der Waals surface area contributed by atoms with Crippen LogP contribution in [0.4, 0.5) is 0 Å². The summed E-state index contributed by atoms with van der Waals surface area (Å²) in [5.41, 5.74) is 0. The molecule has 3 heteroatoms. The second kappa shape index (κ2) is 4.60. The first-order valence-corrected chi connectivity index (χ1v) is 4.27. The van der Waals surface area contributed by atoms with Crippen LogP contribution >= 0.6 is 0 Å². The zero-order valence-electron chi connectivity index (χ0n) is 7.53. The predicted octanol–water partition coefficient (Wildman–Crippen LogP) is 1.39. The molecule has 0 saturated heterocycles. The minimum absolute atomic E-state index is 0.0880. The van der Waals surface area contributed by atoms with Gasteiger partial charge in [-0.25, -0.2) is 4.79 Å². The zero-order valence-corrected chi connectivity index (χ0v) is 7.53. The van der Waals surface area contributed by atoms with E-state index in [1.54, 1.807) is 6.08 Å². The second-order valence-corrected chi connectivity index (χ2v) is 2.96. The van der Waals surface area contributed by atoms with Gasteiger partial charge in [0.15, 0.2) is 5.78 Å². The van der Waals surface area contributed by atoms with Crippen LogP contribution in [0.1, 0.15) is 19.8 Å². The molecule has 1 aliphatic rings. The van der Waals surface area contributed by atoms with Gasteiger partial charge in [0, 0.05) is 6.08 Å². The third-order valence-electron chi connectivity index (χ3n) is 1.72. The van der Waals surface area contributed by atoms with Gasteiger partial charge >= 0.3 is 5.97 Å². The van der Waals surface area contributed by atoms with Crippen LogP contribution in [0.25, 0.3) is 0 Å². The number of carbonyl (C=O) groups excluding carboxylic acids is 2. The average Bonchev–Trinajstić information content (AvgIpc) is 2.08. The summed E-state index contributed by atoms with van der Waals surface area (Å²) in [6, 6.07) is 0. The Morgan fingerprint density at radius 3 is 2.85 bits per heavy atom. The second-order valence-electron chi connectivity index (χ2n) is 2.96. The molecule has 0 bridgehead atoms. The van der Waals surface area contributed by atoms with Crippen LogP contribution < -0.4 is 0 Å². The molecule has 0 N–H and O–H groups in total. The topological polar surface area (TPSA) is 43.4 Å². The van der Waals surface area contributed by atoms with Crippen molar-refractivity contribution in [3.8, 4) is 0 Å². The third kappa shape index (κ3) is 3.69. The molecule has 13 heavy (non-hydrogen) atoms. The first kappa shape index (κ1) is 9.71. The Hall–Kier alpha value is -1.38. The average molecular weight is 180 g/mol. The number of cyclic esters (lactones) is 1. The molecular formula is C10H12O3. The van der Waals surface area contributed by atoms with Crippen molar-refractivity contribution in [2.45, 2.75) is 25.9 Å². The first-order valence-electron chi connectivity index (χ1n) is 4.27. The lowest BCUT2D eigenvalue weighted by Crippen LogP contribution is -2.13. The first-order chi connectivity index (χ1) is 6.18. The molecule has 0 aromatic carbocycles. The largest absolute Gasteiger partial charge is 0.460 e.